The summed E-state index contributed by atoms with van der Waals surface area (Å²) in [4.78, 5) is 58.5. The normalized spacial score (nSPS) is 16.8. The lowest BCUT2D eigenvalue weighted by molar-refractivity contribution is -0.130. The predicted octanol–water partition coefficient (Wildman–Crippen LogP) is 3.31. The van der Waals surface area contributed by atoms with Crippen molar-refractivity contribution in [1.29, 1.82) is 0 Å². The van der Waals surface area contributed by atoms with Crippen LogP contribution in [0.25, 0.3) is 0 Å². The third kappa shape index (κ3) is 8.49. The minimum absolute atomic E-state index is 0.0192. The van der Waals surface area contributed by atoms with Crippen LogP contribution in [0, 0.1) is 5.92 Å². The predicted molar refractivity (Wildman–Crippen MR) is 166 cm³/mol. The van der Waals surface area contributed by atoms with Gasteiger partial charge in [0, 0.05) is 31.0 Å². The zero-order valence-electron chi connectivity index (χ0n) is 25.9. The maximum absolute atomic E-state index is 13.4. The van der Waals surface area contributed by atoms with Gasteiger partial charge in [-0.25, -0.2) is 0 Å². The first-order valence-corrected chi connectivity index (χ1v) is 14.8. The SMILES string of the molecule is COc1ccc2cc1Oc1cccc(OC)c1CNC(=O)[C@@H](C(C)C)NC(=O)CN(C(=O)c1cccnc1)CCCCNC2=O. The molecule has 12 heteroatoms. The van der Waals surface area contributed by atoms with Crippen molar-refractivity contribution < 1.29 is 33.4 Å². The van der Waals surface area contributed by atoms with Gasteiger partial charge in [0.1, 0.15) is 17.5 Å². The van der Waals surface area contributed by atoms with Gasteiger partial charge >= 0.3 is 0 Å². The molecule has 0 fully saturated rings. The molecule has 0 aliphatic carbocycles. The van der Waals surface area contributed by atoms with E-state index >= 15 is 0 Å². The number of aromatic nitrogens is 1. The van der Waals surface area contributed by atoms with E-state index in [1.54, 1.807) is 54.7 Å². The lowest BCUT2D eigenvalue weighted by Crippen LogP contribution is -2.52. The number of hydrogen-bond donors (Lipinski definition) is 3. The average molecular weight is 618 g/mol. The third-order valence-corrected chi connectivity index (χ3v) is 7.33. The van der Waals surface area contributed by atoms with E-state index in [1.807, 2.05) is 13.8 Å². The topological polar surface area (TPSA) is 148 Å². The highest BCUT2D eigenvalue weighted by molar-refractivity contribution is 5.97. The molecular weight excluding hydrogens is 578 g/mol. The zero-order chi connectivity index (χ0) is 32.3. The molecular formula is C33H39N5O7. The van der Waals surface area contributed by atoms with Gasteiger partial charge in [-0.05, 0) is 61.2 Å². The standard InChI is InChI=1S/C33H39N5O7/c1-21(2)30-32(41)36-19-24-25(43-3)10-7-11-26(24)45-28-17-22(12-13-27(28)44-4)31(40)35-15-5-6-16-38(20-29(39)37-30)33(42)23-9-8-14-34-18-23/h7-14,17-18,21,30H,5-6,15-16,19-20H2,1-4H3,(H,35,40)(H,36,41)(H,37,39)/t30-/m1/s1. The number of hydrogen-bond acceptors (Lipinski definition) is 8. The van der Waals surface area contributed by atoms with Gasteiger partial charge in [-0.1, -0.05) is 19.9 Å². The number of benzene rings is 2. The molecule has 0 spiro atoms. The van der Waals surface area contributed by atoms with Crippen LogP contribution in [0.5, 0.6) is 23.0 Å². The number of methoxy groups -OCH3 is 2. The fourth-order valence-corrected chi connectivity index (χ4v) is 4.89. The van der Waals surface area contributed by atoms with E-state index in [4.69, 9.17) is 14.2 Å². The van der Waals surface area contributed by atoms with Crippen molar-refractivity contribution in [2.24, 2.45) is 5.92 Å². The van der Waals surface area contributed by atoms with Crippen LogP contribution in [0.15, 0.2) is 60.9 Å². The molecule has 45 heavy (non-hydrogen) atoms. The maximum Gasteiger partial charge on any atom is 0.255 e. The second-order valence-electron chi connectivity index (χ2n) is 10.8. The van der Waals surface area contributed by atoms with E-state index in [2.05, 4.69) is 20.9 Å². The van der Waals surface area contributed by atoms with Gasteiger partial charge in [0.05, 0.1) is 38.4 Å². The minimum atomic E-state index is -0.871. The summed E-state index contributed by atoms with van der Waals surface area (Å²) in [6, 6.07) is 12.5. The van der Waals surface area contributed by atoms with Gasteiger partial charge < -0.3 is 35.1 Å². The number of pyridine rings is 1. The van der Waals surface area contributed by atoms with Gasteiger partial charge in [-0.2, -0.15) is 0 Å². The first-order chi connectivity index (χ1) is 21.7. The molecule has 0 saturated heterocycles. The van der Waals surface area contributed by atoms with Crippen molar-refractivity contribution in [3.05, 3.63) is 77.6 Å². The lowest BCUT2D eigenvalue weighted by Gasteiger charge is -2.26. The Bertz CT molecular complexity index is 1510. The monoisotopic (exact) mass is 617 g/mol. The van der Waals surface area contributed by atoms with E-state index in [0.29, 0.717) is 59.1 Å². The number of nitrogens with zero attached hydrogens (tertiary/aromatic N) is 2. The van der Waals surface area contributed by atoms with Crippen LogP contribution in [0.1, 0.15) is 53.0 Å². The van der Waals surface area contributed by atoms with Crippen LogP contribution >= 0.6 is 0 Å². The number of nitrogens with one attached hydrogen (secondary N) is 3. The van der Waals surface area contributed by atoms with Crippen LogP contribution in [0.4, 0.5) is 0 Å². The molecule has 3 N–H and O–H groups in total. The Morgan fingerprint density at radius 1 is 0.978 bits per heavy atom. The highest BCUT2D eigenvalue weighted by atomic mass is 16.5. The molecule has 0 saturated carbocycles. The van der Waals surface area contributed by atoms with E-state index in [9.17, 15) is 19.2 Å². The van der Waals surface area contributed by atoms with E-state index in [0.717, 1.165) is 0 Å². The van der Waals surface area contributed by atoms with Crippen molar-refractivity contribution >= 4 is 23.6 Å². The molecule has 2 aromatic carbocycles. The first kappa shape index (κ1) is 32.8. The van der Waals surface area contributed by atoms with Crippen LogP contribution in [-0.2, 0) is 16.1 Å². The largest absolute Gasteiger partial charge is 0.496 e. The Morgan fingerprint density at radius 3 is 2.49 bits per heavy atom. The second-order valence-corrected chi connectivity index (χ2v) is 10.8. The minimum Gasteiger partial charge on any atom is -0.496 e. The summed E-state index contributed by atoms with van der Waals surface area (Å²) in [5.41, 5.74) is 1.25. The smallest absolute Gasteiger partial charge is 0.255 e. The van der Waals surface area contributed by atoms with Gasteiger partial charge in [-0.15, -0.1) is 0 Å². The van der Waals surface area contributed by atoms with Gasteiger partial charge in [0.25, 0.3) is 11.8 Å². The number of amides is 4. The van der Waals surface area contributed by atoms with Crippen LogP contribution in [-0.4, -0.2) is 73.4 Å². The Kier molecular flexibility index (Phi) is 11.3. The molecule has 1 aliphatic heterocycles. The molecule has 1 aliphatic rings. The maximum atomic E-state index is 13.4. The van der Waals surface area contributed by atoms with Crippen molar-refractivity contribution in [2.45, 2.75) is 39.3 Å². The number of ether oxygens (including phenoxy) is 3. The van der Waals surface area contributed by atoms with Crippen LogP contribution in [0.3, 0.4) is 0 Å². The average Bonchev–Trinajstić information content (AvgIpc) is 3.05. The summed E-state index contributed by atoms with van der Waals surface area (Å²) in [5, 5.41) is 8.60. The molecule has 0 unspecified atom stereocenters. The first-order valence-electron chi connectivity index (χ1n) is 14.8. The van der Waals surface area contributed by atoms with Crippen molar-refractivity contribution in [2.75, 3.05) is 33.9 Å². The van der Waals surface area contributed by atoms with Crippen molar-refractivity contribution in [3.8, 4) is 23.0 Å². The number of carbonyl (C=O) groups excluding carboxylic acids is 4. The van der Waals surface area contributed by atoms with E-state index in [-0.39, 0.29) is 37.4 Å². The van der Waals surface area contributed by atoms with E-state index in [1.165, 1.54) is 25.3 Å². The summed E-state index contributed by atoms with van der Waals surface area (Å²) in [7, 11) is 3.01. The fourth-order valence-electron chi connectivity index (χ4n) is 4.89. The number of rotatable bonds is 4. The van der Waals surface area contributed by atoms with Crippen molar-refractivity contribution in [3.63, 3.8) is 0 Å². The quantitative estimate of drug-likeness (QED) is 0.404. The molecule has 238 valence electrons. The Hall–Kier alpha value is -5.13. The zero-order valence-corrected chi connectivity index (χ0v) is 25.9. The highest BCUT2D eigenvalue weighted by Gasteiger charge is 2.27. The lowest BCUT2D eigenvalue weighted by atomic mass is 10.0. The number of carbonyl (C=O) groups is 4. The highest BCUT2D eigenvalue weighted by Crippen LogP contribution is 2.37. The Morgan fingerprint density at radius 2 is 1.78 bits per heavy atom. The van der Waals surface area contributed by atoms with Crippen molar-refractivity contribution in [1.82, 2.24) is 25.8 Å². The van der Waals surface area contributed by atoms with Gasteiger partial charge in [0.2, 0.25) is 11.8 Å². The molecule has 0 radical (unpaired) electrons. The van der Waals surface area contributed by atoms with Gasteiger partial charge in [0.15, 0.2) is 11.5 Å². The molecule has 1 aromatic heterocycles. The van der Waals surface area contributed by atoms with E-state index < -0.39 is 17.9 Å². The van der Waals surface area contributed by atoms with Gasteiger partial charge in [-0.3, -0.25) is 24.2 Å². The molecule has 3 aromatic rings. The van der Waals surface area contributed by atoms with Crippen LogP contribution < -0.4 is 30.2 Å². The molecule has 2 bridgehead atoms. The third-order valence-electron chi connectivity index (χ3n) is 7.33. The Labute approximate surface area is 262 Å². The Balaban J connectivity index is 1.67. The van der Waals surface area contributed by atoms with Crippen LogP contribution in [0.2, 0.25) is 0 Å². The summed E-state index contributed by atoms with van der Waals surface area (Å²) in [5.74, 6) is -0.237. The molecule has 4 rings (SSSR count). The number of fused-ring (bicyclic) bond motifs is 3. The summed E-state index contributed by atoms with van der Waals surface area (Å²) < 4.78 is 17.3. The molecule has 12 nitrogen and oxygen atoms in total. The summed E-state index contributed by atoms with van der Waals surface area (Å²) in [6.07, 6.45) is 4.07. The fraction of sp³-hybridized carbons (Fsp3) is 0.364. The molecule has 4 amide bonds. The summed E-state index contributed by atoms with van der Waals surface area (Å²) in [6.45, 7) is 4.02. The second kappa shape index (κ2) is 15.6. The molecule has 2 heterocycles. The summed E-state index contributed by atoms with van der Waals surface area (Å²) >= 11 is 0. The molecule has 1 atom stereocenters.